The number of nitrogens with one attached hydrogen (secondary N) is 1. The number of phenolic OH excluding ortho intramolecular Hbond substituents is 1. The first-order valence-electron chi connectivity index (χ1n) is 11.7. The van der Waals surface area contributed by atoms with E-state index in [2.05, 4.69) is 15.5 Å². The summed E-state index contributed by atoms with van der Waals surface area (Å²) in [5.41, 5.74) is 0.955. The van der Waals surface area contributed by atoms with Crippen LogP contribution in [0.5, 0.6) is 11.5 Å². The highest BCUT2D eigenvalue weighted by atomic mass is 35.5. The average Bonchev–Trinajstić information content (AvgIpc) is 2.89. The molecule has 4 rings (SSSR count). The summed E-state index contributed by atoms with van der Waals surface area (Å²) in [6.45, 7) is 3.94. The predicted molar refractivity (Wildman–Crippen MR) is 151 cm³/mol. The van der Waals surface area contributed by atoms with E-state index < -0.39 is 26.7 Å². The van der Waals surface area contributed by atoms with Gasteiger partial charge in [-0.05, 0) is 54.6 Å². The van der Waals surface area contributed by atoms with E-state index in [9.17, 15) is 22.9 Å². The molecule has 4 aromatic rings. The van der Waals surface area contributed by atoms with E-state index in [1.807, 2.05) is 6.92 Å². The number of halogens is 2. The zero-order chi connectivity index (χ0) is 28.3. The van der Waals surface area contributed by atoms with Crippen LogP contribution in [0, 0.1) is 0 Å². The zero-order valence-corrected chi connectivity index (χ0v) is 23.1. The van der Waals surface area contributed by atoms with Gasteiger partial charge >= 0.3 is 0 Å². The van der Waals surface area contributed by atoms with E-state index >= 15 is 0 Å². The number of carbonyl (C=O) groups excluding carboxylic acids is 1. The van der Waals surface area contributed by atoms with Gasteiger partial charge in [-0.15, -0.1) is 5.11 Å². The number of amides is 1. The normalized spacial score (nSPS) is 11.7. The number of nitrogens with zero attached hydrogens (tertiary/aromatic N) is 2. The van der Waals surface area contributed by atoms with Crippen molar-refractivity contribution in [1.82, 2.24) is 0 Å². The summed E-state index contributed by atoms with van der Waals surface area (Å²) in [6.07, 6.45) is 0.288. The largest absolute Gasteiger partial charge is 0.505 e. The zero-order valence-electron chi connectivity index (χ0n) is 20.8. The van der Waals surface area contributed by atoms with Gasteiger partial charge in [-0.25, -0.2) is 0 Å². The number of azo groups is 1. The Balaban J connectivity index is 1.78. The van der Waals surface area contributed by atoms with Crippen LogP contribution >= 0.6 is 23.2 Å². The van der Waals surface area contributed by atoms with Crippen LogP contribution in [0.15, 0.2) is 75.8 Å². The monoisotopic (exact) mass is 587 g/mol. The SMILES string of the molecule is CCOc1cc(NC(=O)c2cc3ccccc3c(N=Nc3ccc(S(=O)(=O)O)c(Cl)c3CC)c2O)ccc1Cl. The molecule has 202 valence electrons. The van der Waals surface area contributed by atoms with Crippen LogP contribution in [0.4, 0.5) is 17.1 Å². The third-order valence-corrected chi connectivity index (χ3v) is 7.55. The number of hydrogen-bond donors (Lipinski definition) is 3. The van der Waals surface area contributed by atoms with Crippen molar-refractivity contribution in [1.29, 1.82) is 0 Å². The molecule has 12 heteroatoms. The minimum atomic E-state index is -4.54. The molecule has 0 aliphatic heterocycles. The summed E-state index contributed by atoms with van der Waals surface area (Å²) >= 11 is 12.4. The molecule has 0 heterocycles. The second-order valence-corrected chi connectivity index (χ2v) is 10.5. The lowest BCUT2D eigenvalue weighted by molar-refractivity contribution is 0.102. The molecule has 0 aromatic heterocycles. The number of benzene rings is 4. The molecule has 0 aliphatic carbocycles. The third kappa shape index (κ3) is 5.99. The molecule has 0 atom stereocenters. The topological polar surface area (TPSA) is 138 Å². The molecular formula is C27H23Cl2N3O6S. The fourth-order valence-corrected chi connectivity index (χ4v) is 5.31. The third-order valence-electron chi connectivity index (χ3n) is 5.80. The van der Waals surface area contributed by atoms with Crippen molar-refractivity contribution in [2.75, 3.05) is 11.9 Å². The second-order valence-electron chi connectivity index (χ2n) is 8.28. The van der Waals surface area contributed by atoms with Crippen LogP contribution in [-0.2, 0) is 16.5 Å². The first-order valence-corrected chi connectivity index (χ1v) is 13.9. The van der Waals surface area contributed by atoms with Gasteiger partial charge in [0.25, 0.3) is 16.0 Å². The Bertz CT molecular complexity index is 1720. The van der Waals surface area contributed by atoms with Crippen molar-refractivity contribution in [2.45, 2.75) is 25.2 Å². The summed E-state index contributed by atoms with van der Waals surface area (Å²) in [4.78, 5) is 12.8. The van der Waals surface area contributed by atoms with Crippen molar-refractivity contribution >= 4 is 67.1 Å². The number of aromatic hydroxyl groups is 1. The molecule has 39 heavy (non-hydrogen) atoms. The molecule has 0 saturated carbocycles. The number of ether oxygens (including phenoxy) is 1. The lowest BCUT2D eigenvalue weighted by Gasteiger charge is -2.13. The Hall–Kier alpha value is -3.70. The quantitative estimate of drug-likeness (QED) is 0.142. The van der Waals surface area contributed by atoms with Gasteiger partial charge in [0, 0.05) is 17.1 Å². The van der Waals surface area contributed by atoms with Crippen LogP contribution in [0.1, 0.15) is 29.8 Å². The Labute approximate surface area is 234 Å². The summed E-state index contributed by atoms with van der Waals surface area (Å²) in [5, 5.41) is 23.7. The number of phenols is 1. The highest BCUT2D eigenvalue weighted by Crippen LogP contribution is 2.41. The van der Waals surface area contributed by atoms with Crippen molar-refractivity contribution in [2.24, 2.45) is 10.2 Å². The van der Waals surface area contributed by atoms with Crippen LogP contribution in [0.2, 0.25) is 10.0 Å². The molecule has 0 spiro atoms. The molecule has 0 unspecified atom stereocenters. The molecule has 0 radical (unpaired) electrons. The molecule has 9 nitrogen and oxygen atoms in total. The predicted octanol–water partition coefficient (Wildman–Crippen LogP) is 7.73. The van der Waals surface area contributed by atoms with Gasteiger partial charge < -0.3 is 15.2 Å². The van der Waals surface area contributed by atoms with E-state index in [1.165, 1.54) is 12.1 Å². The minimum absolute atomic E-state index is 0.0291. The van der Waals surface area contributed by atoms with Crippen LogP contribution in [-0.4, -0.2) is 30.6 Å². The Kier molecular flexibility index (Phi) is 8.41. The molecule has 1 amide bonds. The molecule has 3 N–H and O–H groups in total. The lowest BCUT2D eigenvalue weighted by atomic mass is 10.0. The minimum Gasteiger partial charge on any atom is -0.505 e. The molecule has 4 aromatic carbocycles. The molecule has 0 aliphatic rings. The van der Waals surface area contributed by atoms with Gasteiger partial charge in [0.2, 0.25) is 0 Å². The highest BCUT2D eigenvalue weighted by Gasteiger charge is 2.21. The van der Waals surface area contributed by atoms with E-state index in [0.29, 0.717) is 39.4 Å². The van der Waals surface area contributed by atoms with Crippen molar-refractivity contribution < 1.29 is 27.6 Å². The van der Waals surface area contributed by atoms with Gasteiger partial charge in [0.05, 0.1) is 27.9 Å². The number of anilines is 1. The van der Waals surface area contributed by atoms with Gasteiger partial charge in [0.15, 0.2) is 5.75 Å². The Morgan fingerprint density at radius 1 is 1.03 bits per heavy atom. The summed E-state index contributed by atoms with van der Waals surface area (Å²) in [7, 11) is -4.54. The average molecular weight is 588 g/mol. The number of hydrogen-bond acceptors (Lipinski definition) is 7. The Morgan fingerprint density at radius 3 is 2.46 bits per heavy atom. The summed E-state index contributed by atoms with van der Waals surface area (Å²) in [5.74, 6) is -0.610. The molecular weight excluding hydrogens is 565 g/mol. The van der Waals surface area contributed by atoms with Gasteiger partial charge in [0.1, 0.15) is 16.3 Å². The van der Waals surface area contributed by atoms with Gasteiger partial charge in [-0.2, -0.15) is 13.5 Å². The van der Waals surface area contributed by atoms with Crippen molar-refractivity contribution in [3.8, 4) is 11.5 Å². The Morgan fingerprint density at radius 2 is 1.77 bits per heavy atom. The van der Waals surface area contributed by atoms with E-state index in [1.54, 1.807) is 49.4 Å². The first kappa shape index (κ1) is 28.3. The summed E-state index contributed by atoms with van der Waals surface area (Å²) < 4.78 is 38.2. The maximum Gasteiger partial charge on any atom is 0.296 e. The maximum atomic E-state index is 13.2. The fraction of sp³-hybridized carbons (Fsp3) is 0.148. The van der Waals surface area contributed by atoms with Gasteiger partial charge in [-0.3, -0.25) is 9.35 Å². The van der Waals surface area contributed by atoms with E-state index in [0.717, 1.165) is 6.07 Å². The molecule has 0 bridgehead atoms. The maximum absolute atomic E-state index is 13.2. The molecule has 0 saturated heterocycles. The van der Waals surface area contributed by atoms with Gasteiger partial charge in [-0.1, -0.05) is 54.4 Å². The fourth-order valence-electron chi connectivity index (χ4n) is 3.96. The van der Waals surface area contributed by atoms with Crippen molar-refractivity contribution in [3.63, 3.8) is 0 Å². The number of fused-ring (bicyclic) bond motifs is 1. The molecule has 0 fully saturated rings. The first-order chi connectivity index (χ1) is 18.5. The van der Waals surface area contributed by atoms with Crippen LogP contribution in [0.25, 0.3) is 10.8 Å². The van der Waals surface area contributed by atoms with Crippen LogP contribution in [0.3, 0.4) is 0 Å². The van der Waals surface area contributed by atoms with E-state index in [-0.39, 0.29) is 28.4 Å². The number of carbonyl (C=O) groups is 1. The van der Waals surface area contributed by atoms with E-state index in [4.69, 9.17) is 27.9 Å². The highest BCUT2D eigenvalue weighted by molar-refractivity contribution is 7.86. The smallest absolute Gasteiger partial charge is 0.296 e. The summed E-state index contributed by atoms with van der Waals surface area (Å²) in [6, 6.07) is 15.8. The van der Waals surface area contributed by atoms with Crippen LogP contribution < -0.4 is 10.1 Å². The number of rotatable bonds is 8. The van der Waals surface area contributed by atoms with Crippen molar-refractivity contribution in [3.05, 3.63) is 81.8 Å². The standard InChI is InChI=1S/C27H23Cl2N3O6S/c1-3-17-21(11-12-23(24(17)29)39(35,36)37)31-32-25-18-8-6-5-7-15(18)13-19(26(25)33)27(34)30-16-9-10-20(28)22(14-16)38-4-2/h5-14,33H,3-4H2,1-2H3,(H,30,34)(H,35,36,37). The second kappa shape index (κ2) is 11.6. The lowest BCUT2D eigenvalue weighted by Crippen LogP contribution is -2.12.